The monoisotopic (exact) mass is 662 g/mol. The first-order chi connectivity index (χ1) is 20.5. The minimum Gasteiger partial charge on any atom is -0.461 e. The van der Waals surface area contributed by atoms with Crippen LogP contribution < -0.4 is 0 Å². The van der Waals surface area contributed by atoms with E-state index in [1.807, 2.05) is 0 Å². The van der Waals surface area contributed by atoms with Crippen molar-refractivity contribution in [2.45, 2.75) is 45.8 Å². The summed E-state index contributed by atoms with van der Waals surface area (Å²) in [5.74, 6) is -9.03. The van der Waals surface area contributed by atoms with Gasteiger partial charge in [0.05, 0.1) is 6.61 Å². The fourth-order valence-electron chi connectivity index (χ4n) is 3.63. The first-order valence-electron chi connectivity index (χ1n) is 12.6. The smallest absolute Gasteiger partial charge is 0.461 e. The minimum absolute atomic E-state index is 0.157. The molecule has 1 unspecified atom stereocenters. The second kappa shape index (κ2) is 13.5. The van der Waals surface area contributed by atoms with Gasteiger partial charge < -0.3 is 14.2 Å². The highest BCUT2D eigenvalue weighted by Crippen LogP contribution is 2.70. The predicted molar refractivity (Wildman–Crippen MR) is 149 cm³/mol. The third-order valence-electron chi connectivity index (χ3n) is 5.73. The number of alkyl halides is 5. The van der Waals surface area contributed by atoms with Gasteiger partial charge in [0, 0.05) is 20.3 Å². The van der Waals surface area contributed by atoms with Crippen LogP contribution in [0.4, 0.5) is 22.0 Å². The van der Waals surface area contributed by atoms with Gasteiger partial charge in [0.15, 0.2) is 0 Å². The molecule has 0 aliphatic heterocycles. The molecule has 0 aromatic heterocycles. The van der Waals surface area contributed by atoms with E-state index < -0.39 is 68.4 Å². The lowest BCUT2D eigenvalue weighted by molar-refractivity contribution is -0.359. The minimum atomic E-state index is -6.21. The molecule has 3 aromatic carbocycles. The van der Waals surface area contributed by atoms with Crippen LogP contribution in [-0.2, 0) is 37.5 Å². The van der Waals surface area contributed by atoms with Gasteiger partial charge in [-0.15, -0.1) is 0 Å². The Morgan fingerprint density at radius 3 is 1.52 bits per heavy atom. The average Bonchev–Trinajstić information content (AvgIpc) is 2.98. The number of rotatable bonds is 13. The molecule has 1 atom stereocenters. The molecule has 44 heavy (non-hydrogen) atoms. The molecule has 0 saturated carbocycles. The summed E-state index contributed by atoms with van der Waals surface area (Å²) in [5.41, 5.74) is -0.656. The predicted octanol–water partition coefficient (Wildman–Crippen LogP) is 6.78. The second-order valence-electron chi connectivity index (χ2n) is 8.95. The molecule has 3 aromatic rings. The largest absolute Gasteiger partial charge is 0.468 e. The number of ether oxygens (including phenoxy) is 3. The molecule has 0 spiro atoms. The zero-order chi connectivity index (χ0) is 32.8. The molecule has 0 aliphatic carbocycles. The number of halogens is 5. The van der Waals surface area contributed by atoms with Crippen LogP contribution in [0.1, 0.15) is 13.8 Å². The molecular weight excluding hydrogens is 635 g/mol. The van der Waals surface area contributed by atoms with Crippen LogP contribution in [-0.4, -0.2) is 50.8 Å². The molecule has 0 saturated heterocycles. The van der Waals surface area contributed by atoms with Crippen molar-refractivity contribution in [2.75, 3.05) is 13.2 Å². The Hall–Kier alpha value is -3.79. The fraction of sp³-hybridized carbons (Fsp3) is 0.241. The Morgan fingerprint density at radius 1 is 0.773 bits per heavy atom. The number of carbonyl (C=O) groups is 2. The van der Waals surface area contributed by atoms with Gasteiger partial charge in [-0.1, -0.05) is 61.2 Å². The lowest BCUT2D eigenvalue weighted by Gasteiger charge is -2.40. The lowest BCUT2D eigenvalue weighted by atomic mass is 10.2. The van der Waals surface area contributed by atoms with Gasteiger partial charge in [-0.05, 0) is 60.6 Å². The van der Waals surface area contributed by atoms with E-state index in [9.17, 15) is 31.2 Å². The second-order valence-corrected chi connectivity index (χ2v) is 13.5. The number of benzene rings is 3. The molecule has 15 heteroatoms. The Balaban J connectivity index is 2.16. The van der Waals surface area contributed by atoms with Crippen LogP contribution in [0.5, 0.6) is 0 Å². The van der Waals surface area contributed by atoms with Gasteiger partial charge in [0.1, 0.15) is 6.61 Å². The molecular formula is C29H27F5O8S2. The standard InChI is InChI=1S/C29H27F5O8S2/c1-4-39-26(36)28(29(32,33)34,41-25(35)21(2)3)40-20-27(30,31)44(37,38)42-43(22-14-8-5-9-15-22,23-16-10-6-11-17-23)24-18-12-7-13-19-24/h5-19H,2,4,20H2,1,3H3. The van der Waals surface area contributed by atoms with Gasteiger partial charge in [-0.3, -0.25) is 0 Å². The normalized spacial score (nSPS) is 14.2. The van der Waals surface area contributed by atoms with Crippen LogP contribution in [0, 0.1) is 0 Å². The average molecular weight is 663 g/mol. The van der Waals surface area contributed by atoms with E-state index in [2.05, 4.69) is 20.8 Å². The topological polar surface area (TPSA) is 105 Å². The summed E-state index contributed by atoms with van der Waals surface area (Å²) in [7, 11) is -9.76. The molecule has 0 heterocycles. The van der Waals surface area contributed by atoms with E-state index in [4.69, 9.17) is 3.63 Å². The van der Waals surface area contributed by atoms with Gasteiger partial charge >= 0.3 is 39.3 Å². The van der Waals surface area contributed by atoms with E-state index in [0.29, 0.717) is 0 Å². The summed E-state index contributed by atoms with van der Waals surface area (Å²) in [6.07, 6.45) is -6.00. The molecule has 0 bridgehead atoms. The van der Waals surface area contributed by atoms with Crippen LogP contribution in [0.2, 0.25) is 0 Å². The van der Waals surface area contributed by atoms with Crippen LogP contribution in [0.15, 0.2) is 118 Å². The molecule has 0 amide bonds. The van der Waals surface area contributed by atoms with Crippen molar-refractivity contribution in [3.05, 3.63) is 103 Å². The van der Waals surface area contributed by atoms with Crippen molar-refractivity contribution in [3.8, 4) is 0 Å². The summed E-state index contributed by atoms with van der Waals surface area (Å²) >= 11 is 0. The number of esters is 2. The third-order valence-corrected chi connectivity index (χ3v) is 10.9. The van der Waals surface area contributed by atoms with Gasteiger partial charge in [-0.25, -0.2) is 13.2 Å². The molecule has 0 N–H and O–H groups in total. The third kappa shape index (κ3) is 6.96. The van der Waals surface area contributed by atoms with E-state index in [1.165, 1.54) is 72.8 Å². The number of hydrogen-bond acceptors (Lipinski definition) is 8. The van der Waals surface area contributed by atoms with Crippen LogP contribution >= 0.6 is 10.3 Å². The van der Waals surface area contributed by atoms with E-state index in [1.54, 1.807) is 18.2 Å². The maximum atomic E-state index is 15.6. The zero-order valence-electron chi connectivity index (χ0n) is 23.3. The fourth-order valence-corrected chi connectivity index (χ4v) is 8.69. The zero-order valence-corrected chi connectivity index (χ0v) is 24.9. The van der Waals surface area contributed by atoms with E-state index in [-0.39, 0.29) is 14.7 Å². The SMILES string of the molecule is C=C(C)C(=O)OC(OCC(F)(F)S(=O)(=O)OS(c1ccccc1)(c1ccccc1)c1ccccc1)(C(=O)OCC)C(F)(F)F. The maximum Gasteiger partial charge on any atom is 0.468 e. The summed E-state index contributed by atoms with van der Waals surface area (Å²) in [6, 6.07) is 22.6. The highest BCUT2D eigenvalue weighted by Gasteiger charge is 2.69. The van der Waals surface area contributed by atoms with Crippen molar-refractivity contribution in [3.63, 3.8) is 0 Å². The van der Waals surface area contributed by atoms with Crippen molar-refractivity contribution in [1.29, 1.82) is 0 Å². The van der Waals surface area contributed by atoms with Crippen molar-refractivity contribution in [1.82, 2.24) is 0 Å². The van der Waals surface area contributed by atoms with Crippen LogP contribution in [0.25, 0.3) is 0 Å². The Morgan fingerprint density at radius 2 is 1.18 bits per heavy atom. The number of hydrogen-bond donors (Lipinski definition) is 0. The maximum absolute atomic E-state index is 15.6. The van der Waals surface area contributed by atoms with Crippen molar-refractivity contribution < 1.29 is 57.8 Å². The van der Waals surface area contributed by atoms with Crippen LogP contribution in [0.3, 0.4) is 0 Å². The molecule has 0 fully saturated rings. The highest BCUT2D eigenvalue weighted by atomic mass is 32.3. The molecule has 238 valence electrons. The Bertz CT molecular complexity index is 1470. The lowest BCUT2D eigenvalue weighted by Crippen LogP contribution is -2.59. The summed E-state index contributed by atoms with van der Waals surface area (Å²) in [5, 5.41) is -5.25. The Labute approximate surface area is 252 Å². The Kier molecular flexibility index (Phi) is 10.6. The summed E-state index contributed by atoms with van der Waals surface area (Å²) < 4.78 is 119. The van der Waals surface area contributed by atoms with Crippen molar-refractivity contribution >= 4 is 32.4 Å². The first kappa shape index (κ1) is 34.7. The van der Waals surface area contributed by atoms with E-state index >= 15 is 8.78 Å². The molecule has 0 aliphatic rings. The first-order valence-corrected chi connectivity index (χ1v) is 15.6. The van der Waals surface area contributed by atoms with Gasteiger partial charge in [-0.2, -0.15) is 30.4 Å². The quantitative estimate of drug-likeness (QED) is 0.0854. The van der Waals surface area contributed by atoms with Crippen molar-refractivity contribution in [2.24, 2.45) is 0 Å². The van der Waals surface area contributed by atoms with E-state index in [0.717, 1.165) is 13.8 Å². The van der Waals surface area contributed by atoms with Gasteiger partial charge in [0.25, 0.3) is 0 Å². The molecule has 8 nitrogen and oxygen atoms in total. The van der Waals surface area contributed by atoms with Gasteiger partial charge in [0.2, 0.25) is 0 Å². The molecule has 3 rings (SSSR count). The summed E-state index contributed by atoms with van der Waals surface area (Å²) in [4.78, 5) is 25.0. The molecule has 0 radical (unpaired) electrons. The highest BCUT2D eigenvalue weighted by molar-refractivity contribution is 8.33. The number of carbonyl (C=O) groups excluding carboxylic acids is 2. The summed E-state index contributed by atoms with van der Waals surface area (Å²) in [6.45, 7) is 1.75.